The maximum absolute atomic E-state index is 12.2. The van der Waals surface area contributed by atoms with Crippen LogP contribution in [-0.2, 0) is 26.2 Å². The van der Waals surface area contributed by atoms with Crippen LogP contribution in [0, 0.1) is 0 Å². The summed E-state index contributed by atoms with van der Waals surface area (Å²) in [6.07, 6.45) is 0.0199. The van der Waals surface area contributed by atoms with Gasteiger partial charge in [-0.1, -0.05) is 52.0 Å². The molecule has 0 fully saturated rings. The topological polar surface area (TPSA) is 64.6 Å². The molecule has 0 radical (unpaired) electrons. The van der Waals surface area contributed by atoms with E-state index < -0.39 is 12.1 Å². The lowest BCUT2D eigenvalue weighted by Crippen LogP contribution is -2.31. The maximum Gasteiger partial charge on any atom is 0.344 e. The van der Waals surface area contributed by atoms with Crippen molar-refractivity contribution in [3.05, 3.63) is 59.7 Å². The third kappa shape index (κ3) is 6.41. The molecule has 28 heavy (non-hydrogen) atoms. The molecule has 0 aliphatic carbocycles. The molecule has 1 atom stereocenters. The summed E-state index contributed by atoms with van der Waals surface area (Å²) in [6.45, 7) is 9.74. The molecule has 1 N–H and O–H groups in total. The summed E-state index contributed by atoms with van der Waals surface area (Å²) in [5.41, 5.74) is 3.09. The Bertz CT molecular complexity index is 789. The fourth-order valence-electron chi connectivity index (χ4n) is 2.55. The molecule has 0 saturated heterocycles. The Labute approximate surface area is 167 Å². The number of carbonyl (C=O) groups is 2. The van der Waals surface area contributed by atoms with Crippen LogP contribution in [0.25, 0.3) is 0 Å². The predicted octanol–water partition coefficient (Wildman–Crippen LogP) is 4.50. The molecule has 0 aromatic heterocycles. The molecule has 2 aromatic carbocycles. The summed E-state index contributed by atoms with van der Waals surface area (Å²) in [7, 11) is 0. The van der Waals surface area contributed by atoms with Crippen molar-refractivity contribution in [2.75, 3.05) is 11.9 Å². The third-order valence-corrected chi connectivity index (χ3v) is 4.38. The number of hydrogen-bond donors (Lipinski definition) is 1. The molecule has 5 nitrogen and oxygen atoms in total. The highest BCUT2D eigenvalue weighted by Gasteiger charge is 2.18. The van der Waals surface area contributed by atoms with E-state index in [0.29, 0.717) is 11.4 Å². The van der Waals surface area contributed by atoms with Crippen molar-refractivity contribution in [3.63, 3.8) is 0 Å². The van der Waals surface area contributed by atoms with Crippen molar-refractivity contribution in [3.8, 4) is 5.75 Å². The molecule has 0 heterocycles. The molecule has 0 bridgehead atoms. The molecule has 1 amide bonds. The zero-order valence-corrected chi connectivity index (χ0v) is 17.2. The number of rotatable bonds is 7. The molecule has 5 heteroatoms. The van der Waals surface area contributed by atoms with E-state index in [1.165, 1.54) is 18.1 Å². The lowest BCUT2D eigenvalue weighted by Gasteiger charge is -2.19. The van der Waals surface area contributed by atoms with Gasteiger partial charge >= 0.3 is 5.97 Å². The minimum absolute atomic E-state index is 0.0527. The number of amides is 1. The molecule has 0 saturated carbocycles. The Hall–Kier alpha value is -2.82. The monoisotopic (exact) mass is 383 g/mol. The molecule has 0 unspecified atom stereocenters. The van der Waals surface area contributed by atoms with Crippen molar-refractivity contribution in [2.45, 2.75) is 52.6 Å². The van der Waals surface area contributed by atoms with Crippen molar-refractivity contribution >= 4 is 17.6 Å². The first-order chi connectivity index (χ1) is 13.2. The maximum atomic E-state index is 12.2. The Morgan fingerprint density at radius 1 is 1.00 bits per heavy atom. The summed E-state index contributed by atoms with van der Waals surface area (Å²) in [4.78, 5) is 24.1. The van der Waals surface area contributed by atoms with Crippen LogP contribution in [0.1, 0.15) is 45.7 Å². The number of hydrogen-bond acceptors (Lipinski definition) is 4. The van der Waals surface area contributed by atoms with Crippen LogP contribution in [0.15, 0.2) is 48.5 Å². The first-order valence-corrected chi connectivity index (χ1v) is 9.51. The quantitative estimate of drug-likeness (QED) is 0.715. The Morgan fingerprint density at radius 2 is 1.61 bits per heavy atom. The summed E-state index contributed by atoms with van der Waals surface area (Å²) >= 11 is 0. The van der Waals surface area contributed by atoms with Crippen molar-refractivity contribution in [1.82, 2.24) is 0 Å². The Morgan fingerprint density at radius 3 is 2.14 bits per heavy atom. The standard InChI is InChI=1S/C23H29NO4/c1-6-17-7-11-19(12-8-17)24-22(26)16(2)28-21(25)15-27-20-13-9-18(10-14-20)23(3,4)5/h7-14,16H,6,15H2,1-5H3,(H,24,26)/t16-/m0/s1. The largest absolute Gasteiger partial charge is 0.482 e. The summed E-state index contributed by atoms with van der Waals surface area (Å²) in [5, 5.41) is 2.74. The van der Waals surface area contributed by atoms with Crippen LogP contribution in [0.2, 0.25) is 0 Å². The highest BCUT2D eigenvalue weighted by molar-refractivity contribution is 5.95. The zero-order chi connectivity index (χ0) is 20.7. The van der Waals surface area contributed by atoms with Gasteiger partial charge in [0, 0.05) is 5.69 Å². The number of benzene rings is 2. The fourth-order valence-corrected chi connectivity index (χ4v) is 2.55. The number of carbonyl (C=O) groups excluding carboxylic acids is 2. The van der Waals surface area contributed by atoms with Crippen molar-refractivity contribution in [2.24, 2.45) is 0 Å². The van der Waals surface area contributed by atoms with Crippen LogP contribution >= 0.6 is 0 Å². The summed E-state index contributed by atoms with van der Waals surface area (Å²) < 4.78 is 10.6. The Kier molecular flexibility index (Phi) is 7.21. The number of anilines is 1. The second kappa shape index (κ2) is 9.40. The average molecular weight is 383 g/mol. The fraction of sp³-hybridized carbons (Fsp3) is 0.391. The molecule has 0 spiro atoms. The van der Waals surface area contributed by atoms with Crippen LogP contribution < -0.4 is 10.1 Å². The van der Waals surface area contributed by atoms with Gasteiger partial charge in [-0.05, 0) is 54.2 Å². The molecule has 0 aliphatic rings. The van der Waals surface area contributed by atoms with E-state index in [-0.39, 0.29) is 17.9 Å². The van der Waals surface area contributed by atoms with Gasteiger partial charge in [-0.2, -0.15) is 0 Å². The van der Waals surface area contributed by atoms with Gasteiger partial charge in [-0.25, -0.2) is 4.79 Å². The lowest BCUT2D eigenvalue weighted by atomic mass is 9.87. The van der Waals surface area contributed by atoms with Gasteiger partial charge in [-0.15, -0.1) is 0 Å². The number of ether oxygens (including phenoxy) is 2. The Balaban J connectivity index is 1.80. The SMILES string of the molecule is CCc1ccc(NC(=O)[C@H](C)OC(=O)COc2ccc(C(C)(C)C)cc2)cc1. The first-order valence-electron chi connectivity index (χ1n) is 9.51. The zero-order valence-electron chi connectivity index (χ0n) is 17.2. The lowest BCUT2D eigenvalue weighted by molar-refractivity contribution is -0.155. The molecule has 2 rings (SSSR count). The van der Waals surface area contributed by atoms with Gasteiger partial charge in [0.05, 0.1) is 0 Å². The predicted molar refractivity (Wildman–Crippen MR) is 111 cm³/mol. The molecular formula is C23H29NO4. The highest BCUT2D eigenvalue weighted by atomic mass is 16.6. The van der Waals surface area contributed by atoms with Gasteiger partial charge in [0.1, 0.15) is 5.75 Å². The van der Waals surface area contributed by atoms with E-state index in [1.807, 2.05) is 48.5 Å². The van der Waals surface area contributed by atoms with Crippen LogP contribution in [0.5, 0.6) is 5.75 Å². The van der Waals surface area contributed by atoms with E-state index in [9.17, 15) is 9.59 Å². The van der Waals surface area contributed by atoms with E-state index in [4.69, 9.17) is 9.47 Å². The normalized spacial score (nSPS) is 12.2. The number of esters is 1. The van der Waals surface area contributed by atoms with Crippen molar-refractivity contribution < 1.29 is 19.1 Å². The second-order valence-electron chi connectivity index (χ2n) is 7.73. The molecule has 2 aromatic rings. The molecule has 150 valence electrons. The van der Waals surface area contributed by atoms with E-state index in [2.05, 4.69) is 33.0 Å². The van der Waals surface area contributed by atoms with Crippen molar-refractivity contribution in [1.29, 1.82) is 0 Å². The minimum Gasteiger partial charge on any atom is -0.482 e. The second-order valence-corrected chi connectivity index (χ2v) is 7.73. The van der Waals surface area contributed by atoms with Gasteiger partial charge in [0.2, 0.25) is 0 Å². The third-order valence-electron chi connectivity index (χ3n) is 4.38. The highest BCUT2D eigenvalue weighted by Crippen LogP contribution is 2.24. The van der Waals surface area contributed by atoms with E-state index in [0.717, 1.165) is 6.42 Å². The molecule has 0 aliphatic heterocycles. The van der Waals surface area contributed by atoms with Crippen LogP contribution in [0.3, 0.4) is 0 Å². The summed E-state index contributed by atoms with van der Waals surface area (Å²) in [6, 6.07) is 15.1. The number of aryl methyl sites for hydroxylation is 1. The first kappa shape index (κ1) is 21.5. The van der Waals surface area contributed by atoms with E-state index in [1.54, 1.807) is 0 Å². The van der Waals surface area contributed by atoms with Crippen LogP contribution in [-0.4, -0.2) is 24.6 Å². The van der Waals surface area contributed by atoms with E-state index >= 15 is 0 Å². The minimum atomic E-state index is -0.912. The average Bonchev–Trinajstić information content (AvgIpc) is 2.66. The van der Waals surface area contributed by atoms with Gasteiger partial charge < -0.3 is 14.8 Å². The molecular weight excluding hydrogens is 354 g/mol. The number of nitrogens with one attached hydrogen (secondary N) is 1. The van der Waals surface area contributed by atoms with Gasteiger partial charge in [-0.3, -0.25) is 4.79 Å². The smallest absolute Gasteiger partial charge is 0.344 e. The van der Waals surface area contributed by atoms with Crippen LogP contribution in [0.4, 0.5) is 5.69 Å². The van der Waals surface area contributed by atoms with Gasteiger partial charge in [0.25, 0.3) is 5.91 Å². The van der Waals surface area contributed by atoms with Gasteiger partial charge in [0.15, 0.2) is 12.7 Å². The summed E-state index contributed by atoms with van der Waals surface area (Å²) in [5.74, 6) is -0.394.